The first-order valence-corrected chi connectivity index (χ1v) is 13.9. The average Bonchev–Trinajstić information content (AvgIpc) is 3.27. The van der Waals surface area contributed by atoms with E-state index in [1.165, 1.54) is 41.3 Å². The second-order valence-corrected chi connectivity index (χ2v) is 12.5. The standard InChI is InChI=1S/C24H26N6O4S2/c1-17-14-15-25-23(26-17)29-35(31,32)20-12-10-18(11-13-20)28-36(33,34)21-16-30(19-8-6-5-7-9-19)27-22(21)24(2,3)4/h5-16,28H,1-4H3,(H,25,26,29). The number of nitrogens with zero attached hydrogens (tertiary/aromatic N) is 4. The summed E-state index contributed by atoms with van der Waals surface area (Å²) in [5.41, 5.74) is 1.39. The summed E-state index contributed by atoms with van der Waals surface area (Å²) < 4.78 is 58.4. The predicted octanol–water partition coefficient (Wildman–Crippen LogP) is 3.87. The van der Waals surface area contributed by atoms with E-state index in [4.69, 9.17) is 0 Å². The van der Waals surface area contributed by atoms with Gasteiger partial charge in [-0.1, -0.05) is 39.0 Å². The molecule has 4 aromatic rings. The summed E-state index contributed by atoms with van der Waals surface area (Å²) in [4.78, 5) is 7.90. The SMILES string of the molecule is Cc1ccnc(NS(=O)(=O)c2ccc(NS(=O)(=O)c3cn(-c4ccccc4)nc3C(C)(C)C)cc2)n1. The van der Waals surface area contributed by atoms with E-state index in [1.807, 2.05) is 51.1 Å². The Labute approximate surface area is 210 Å². The molecule has 0 radical (unpaired) electrons. The molecule has 0 aliphatic heterocycles. The summed E-state index contributed by atoms with van der Waals surface area (Å²) in [6.45, 7) is 7.37. The molecule has 36 heavy (non-hydrogen) atoms. The van der Waals surface area contributed by atoms with E-state index in [1.54, 1.807) is 13.0 Å². The largest absolute Gasteiger partial charge is 0.280 e. The molecule has 0 fully saturated rings. The van der Waals surface area contributed by atoms with Crippen LogP contribution in [0.1, 0.15) is 32.2 Å². The van der Waals surface area contributed by atoms with Crippen LogP contribution in [0.2, 0.25) is 0 Å². The fourth-order valence-electron chi connectivity index (χ4n) is 3.38. The smallest absolute Gasteiger partial charge is 0.265 e. The van der Waals surface area contributed by atoms with Gasteiger partial charge in [-0.25, -0.2) is 36.2 Å². The number of rotatable bonds is 7. The Morgan fingerprint density at radius 3 is 2.11 bits per heavy atom. The van der Waals surface area contributed by atoms with E-state index in [0.717, 1.165) is 5.69 Å². The van der Waals surface area contributed by atoms with Gasteiger partial charge in [-0.15, -0.1) is 0 Å². The van der Waals surface area contributed by atoms with Crippen LogP contribution in [0.4, 0.5) is 11.6 Å². The summed E-state index contributed by atoms with van der Waals surface area (Å²) in [6, 6.07) is 16.2. The van der Waals surface area contributed by atoms with Crippen LogP contribution in [0, 0.1) is 6.92 Å². The second kappa shape index (κ2) is 9.36. The number of aryl methyl sites for hydroxylation is 1. The molecule has 10 nitrogen and oxygen atoms in total. The van der Waals surface area contributed by atoms with Crippen molar-refractivity contribution in [1.82, 2.24) is 19.7 Å². The van der Waals surface area contributed by atoms with Gasteiger partial charge < -0.3 is 0 Å². The first-order chi connectivity index (χ1) is 16.8. The highest BCUT2D eigenvalue weighted by atomic mass is 32.2. The lowest BCUT2D eigenvalue weighted by molar-refractivity contribution is 0.543. The minimum absolute atomic E-state index is 0.0359. The molecule has 0 amide bonds. The van der Waals surface area contributed by atoms with E-state index in [9.17, 15) is 16.8 Å². The van der Waals surface area contributed by atoms with Gasteiger partial charge in [-0.05, 0) is 49.4 Å². The summed E-state index contributed by atoms with van der Waals surface area (Å²) in [6.07, 6.45) is 2.92. The Morgan fingerprint density at radius 1 is 0.833 bits per heavy atom. The van der Waals surface area contributed by atoms with Gasteiger partial charge in [0, 0.05) is 23.0 Å². The second-order valence-electron chi connectivity index (χ2n) is 9.13. The maximum atomic E-state index is 13.4. The minimum atomic E-state index is -4.03. The predicted molar refractivity (Wildman–Crippen MR) is 137 cm³/mol. The monoisotopic (exact) mass is 526 g/mol. The maximum absolute atomic E-state index is 13.4. The highest BCUT2D eigenvalue weighted by molar-refractivity contribution is 7.93. The Bertz CT molecular complexity index is 1590. The van der Waals surface area contributed by atoms with Crippen LogP contribution in [-0.2, 0) is 25.5 Å². The topological polar surface area (TPSA) is 136 Å². The van der Waals surface area contributed by atoms with Crippen LogP contribution < -0.4 is 9.44 Å². The third kappa shape index (κ3) is 5.55. The van der Waals surface area contributed by atoms with Gasteiger partial charge in [0.2, 0.25) is 5.95 Å². The van der Waals surface area contributed by atoms with Crippen LogP contribution in [0.15, 0.2) is 82.8 Å². The van der Waals surface area contributed by atoms with E-state index in [0.29, 0.717) is 11.4 Å². The van der Waals surface area contributed by atoms with Gasteiger partial charge in [-0.2, -0.15) is 5.10 Å². The fourth-order valence-corrected chi connectivity index (χ4v) is 5.72. The molecule has 12 heteroatoms. The summed E-state index contributed by atoms with van der Waals surface area (Å²) in [5.74, 6) is -0.0510. The molecule has 2 aromatic heterocycles. The Morgan fingerprint density at radius 2 is 1.50 bits per heavy atom. The third-order valence-electron chi connectivity index (χ3n) is 5.14. The van der Waals surface area contributed by atoms with Crippen molar-refractivity contribution < 1.29 is 16.8 Å². The number of para-hydroxylation sites is 1. The molecule has 0 bridgehead atoms. The normalized spacial score (nSPS) is 12.3. The van der Waals surface area contributed by atoms with Crippen LogP contribution in [0.5, 0.6) is 0 Å². The molecule has 0 unspecified atom stereocenters. The molecule has 2 heterocycles. The number of benzene rings is 2. The number of hydrogen-bond acceptors (Lipinski definition) is 7. The summed E-state index contributed by atoms with van der Waals surface area (Å²) in [7, 11) is -8.00. The molecule has 0 aliphatic rings. The molecule has 0 aliphatic carbocycles. The average molecular weight is 527 g/mol. The van der Waals surface area contributed by atoms with E-state index in [2.05, 4.69) is 24.5 Å². The lowest BCUT2D eigenvalue weighted by atomic mass is 9.92. The Kier molecular flexibility index (Phi) is 6.58. The molecule has 4 rings (SSSR count). The molecule has 2 N–H and O–H groups in total. The van der Waals surface area contributed by atoms with Gasteiger partial charge in [0.15, 0.2) is 0 Å². The van der Waals surface area contributed by atoms with Gasteiger partial charge in [0.1, 0.15) is 4.90 Å². The molecular formula is C24H26N6O4S2. The van der Waals surface area contributed by atoms with Crippen LogP contribution in [-0.4, -0.2) is 36.6 Å². The van der Waals surface area contributed by atoms with E-state index < -0.39 is 25.5 Å². The molecule has 188 valence electrons. The van der Waals surface area contributed by atoms with Crippen LogP contribution >= 0.6 is 0 Å². The first kappa shape index (κ1) is 25.3. The summed E-state index contributed by atoms with van der Waals surface area (Å²) in [5, 5.41) is 4.55. The van der Waals surface area contributed by atoms with Crippen molar-refractivity contribution in [3.8, 4) is 5.69 Å². The number of nitrogens with one attached hydrogen (secondary N) is 2. The van der Waals surface area contributed by atoms with Crippen molar-refractivity contribution in [2.75, 3.05) is 9.44 Å². The van der Waals surface area contributed by atoms with Crippen molar-refractivity contribution in [2.45, 2.75) is 42.9 Å². The van der Waals surface area contributed by atoms with Crippen molar-refractivity contribution in [2.24, 2.45) is 0 Å². The maximum Gasteiger partial charge on any atom is 0.265 e. The number of hydrogen-bond donors (Lipinski definition) is 2. The quantitative estimate of drug-likeness (QED) is 0.373. The first-order valence-electron chi connectivity index (χ1n) is 11.0. The molecule has 0 spiro atoms. The lowest BCUT2D eigenvalue weighted by Crippen LogP contribution is -2.20. The van der Waals surface area contributed by atoms with Crippen LogP contribution in [0.25, 0.3) is 5.69 Å². The fraction of sp³-hybridized carbons (Fsp3) is 0.208. The molecule has 0 saturated heterocycles. The molecule has 0 saturated carbocycles. The van der Waals surface area contributed by atoms with Gasteiger partial charge >= 0.3 is 0 Å². The van der Waals surface area contributed by atoms with Crippen molar-refractivity contribution in [3.63, 3.8) is 0 Å². The summed E-state index contributed by atoms with van der Waals surface area (Å²) >= 11 is 0. The highest BCUT2D eigenvalue weighted by Crippen LogP contribution is 2.30. The highest BCUT2D eigenvalue weighted by Gasteiger charge is 2.30. The van der Waals surface area contributed by atoms with Crippen molar-refractivity contribution >= 4 is 31.7 Å². The molecule has 2 aromatic carbocycles. The zero-order valence-electron chi connectivity index (χ0n) is 20.2. The van der Waals surface area contributed by atoms with Crippen molar-refractivity contribution in [3.05, 3.63) is 84.4 Å². The molecular weight excluding hydrogens is 500 g/mol. The van der Waals surface area contributed by atoms with Gasteiger partial charge in [0.05, 0.1) is 22.5 Å². The van der Waals surface area contributed by atoms with Gasteiger partial charge in [-0.3, -0.25) is 4.72 Å². The lowest BCUT2D eigenvalue weighted by Gasteiger charge is -2.18. The van der Waals surface area contributed by atoms with Crippen molar-refractivity contribution in [1.29, 1.82) is 0 Å². The van der Waals surface area contributed by atoms with Crippen LogP contribution in [0.3, 0.4) is 0 Å². The van der Waals surface area contributed by atoms with Gasteiger partial charge in [0.25, 0.3) is 20.0 Å². The Balaban J connectivity index is 1.61. The number of aromatic nitrogens is 4. The zero-order chi connectivity index (χ0) is 26.1. The third-order valence-corrected chi connectivity index (χ3v) is 7.86. The Hall–Kier alpha value is -3.77. The van der Waals surface area contributed by atoms with E-state index >= 15 is 0 Å². The minimum Gasteiger partial charge on any atom is -0.280 e. The number of anilines is 2. The zero-order valence-corrected chi connectivity index (χ0v) is 21.8. The number of sulfonamides is 2. The molecule has 0 atom stereocenters. The van der Waals surface area contributed by atoms with E-state index in [-0.39, 0.29) is 21.4 Å².